The molecule has 1 heterocycles. The Bertz CT molecular complexity index is 634. The fourth-order valence-corrected chi connectivity index (χ4v) is 2.64. The minimum atomic E-state index is -0.867. The fourth-order valence-electron chi connectivity index (χ4n) is 1.93. The third-order valence-electron chi connectivity index (χ3n) is 3.15. The Morgan fingerprint density at radius 2 is 2.00 bits per heavy atom. The van der Waals surface area contributed by atoms with E-state index in [0.29, 0.717) is 12.3 Å². The number of carboxylic acids is 1. The molecule has 5 heteroatoms. The number of aryl methyl sites for hydroxylation is 2. The van der Waals surface area contributed by atoms with Crippen LogP contribution in [0.15, 0.2) is 17.5 Å². The van der Waals surface area contributed by atoms with Gasteiger partial charge in [0.2, 0.25) is 0 Å². The highest BCUT2D eigenvalue weighted by atomic mass is 32.1. The molecule has 0 aliphatic carbocycles. The molecule has 1 aromatic carbocycles. The zero-order chi connectivity index (χ0) is 14.7. The zero-order valence-corrected chi connectivity index (χ0v) is 12.6. The third-order valence-corrected chi connectivity index (χ3v) is 4.02. The lowest BCUT2D eigenvalue weighted by molar-refractivity contribution is -0.136. The molecule has 0 spiro atoms. The summed E-state index contributed by atoms with van der Waals surface area (Å²) in [6.45, 7) is 6.47. The van der Waals surface area contributed by atoms with Crippen molar-refractivity contribution in [1.29, 1.82) is 0 Å². The van der Waals surface area contributed by atoms with Gasteiger partial charge in [0.1, 0.15) is 17.4 Å². The van der Waals surface area contributed by atoms with Gasteiger partial charge in [0.15, 0.2) is 0 Å². The highest BCUT2D eigenvalue weighted by molar-refractivity contribution is 7.09. The van der Waals surface area contributed by atoms with E-state index in [0.717, 1.165) is 21.9 Å². The average molecular weight is 291 g/mol. The second kappa shape index (κ2) is 6.05. The van der Waals surface area contributed by atoms with Crippen molar-refractivity contribution in [3.8, 4) is 5.75 Å². The molecular weight excluding hydrogens is 274 g/mol. The highest BCUT2D eigenvalue weighted by Gasteiger charge is 2.09. The molecule has 20 heavy (non-hydrogen) atoms. The van der Waals surface area contributed by atoms with Crippen molar-refractivity contribution in [3.05, 3.63) is 44.9 Å². The maximum Gasteiger partial charge on any atom is 0.309 e. The van der Waals surface area contributed by atoms with Crippen LogP contribution in [-0.2, 0) is 17.8 Å². The van der Waals surface area contributed by atoms with Gasteiger partial charge in [-0.15, -0.1) is 11.3 Å². The van der Waals surface area contributed by atoms with Crippen LogP contribution in [0.1, 0.15) is 27.4 Å². The van der Waals surface area contributed by atoms with Gasteiger partial charge >= 0.3 is 5.97 Å². The molecule has 0 fully saturated rings. The first-order valence-electron chi connectivity index (χ1n) is 6.32. The minimum absolute atomic E-state index is 0.0427. The van der Waals surface area contributed by atoms with Gasteiger partial charge in [-0.05, 0) is 37.5 Å². The lowest BCUT2D eigenvalue weighted by Crippen LogP contribution is -2.02. The van der Waals surface area contributed by atoms with Crippen LogP contribution in [0.3, 0.4) is 0 Å². The van der Waals surface area contributed by atoms with Gasteiger partial charge in [-0.1, -0.05) is 12.1 Å². The monoisotopic (exact) mass is 291 g/mol. The van der Waals surface area contributed by atoms with E-state index in [1.807, 2.05) is 19.9 Å². The summed E-state index contributed by atoms with van der Waals surface area (Å²) in [5, 5.41) is 11.3. The predicted octanol–water partition coefficient (Wildman–Crippen LogP) is 3.27. The van der Waals surface area contributed by atoms with E-state index in [4.69, 9.17) is 9.84 Å². The molecule has 2 aromatic rings. The maximum atomic E-state index is 10.6. The quantitative estimate of drug-likeness (QED) is 0.918. The summed E-state index contributed by atoms with van der Waals surface area (Å²) in [7, 11) is 0. The Labute approximate surface area is 122 Å². The minimum Gasteiger partial charge on any atom is -0.486 e. The van der Waals surface area contributed by atoms with Crippen molar-refractivity contribution in [2.45, 2.75) is 33.8 Å². The number of carboxylic acid groups (broad SMARTS) is 1. The third kappa shape index (κ3) is 3.36. The Hall–Kier alpha value is -1.88. The van der Waals surface area contributed by atoms with Crippen LogP contribution in [0.25, 0.3) is 0 Å². The SMILES string of the molecule is Cc1ccc(C)c(OCc2nc(CC(=O)O)cs2)c1C. The van der Waals surface area contributed by atoms with Gasteiger partial charge < -0.3 is 9.84 Å². The molecule has 0 aliphatic heterocycles. The molecule has 0 aliphatic rings. The fraction of sp³-hybridized carbons (Fsp3) is 0.333. The Morgan fingerprint density at radius 1 is 1.30 bits per heavy atom. The van der Waals surface area contributed by atoms with Crippen molar-refractivity contribution in [2.24, 2.45) is 0 Å². The molecule has 2 rings (SSSR count). The molecule has 0 saturated carbocycles. The number of hydrogen-bond donors (Lipinski definition) is 1. The van der Waals surface area contributed by atoms with E-state index >= 15 is 0 Å². The van der Waals surface area contributed by atoms with Crippen LogP contribution >= 0.6 is 11.3 Å². The molecule has 1 aromatic heterocycles. The van der Waals surface area contributed by atoms with E-state index in [1.54, 1.807) is 5.38 Å². The van der Waals surface area contributed by atoms with E-state index in [1.165, 1.54) is 16.9 Å². The number of aromatic nitrogens is 1. The van der Waals surface area contributed by atoms with Gasteiger partial charge in [0.05, 0.1) is 12.1 Å². The first-order chi connectivity index (χ1) is 9.47. The topological polar surface area (TPSA) is 59.4 Å². The van der Waals surface area contributed by atoms with Crippen LogP contribution in [-0.4, -0.2) is 16.1 Å². The van der Waals surface area contributed by atoms with Crippen LogP contribution in [0, 0.1) is 20.8 Å². The second-order valence-electron chi connectivity index (χ2n) is 4.75. The summed E-state index contributed by atoms with van der Waals surface area (Å²) in [4.78, 5) is 14.9. The number of hydrogen-bond acceptors (Lipinski definition) is 4. The van der Waals surface area contributed by atoms with Gasteiger partial charge in [-0.25, -0.2) is 4.98 Å². The summed E-state index contributed by atoms with van der Waals surface area (Å²) in [5.74, 6) is 0.0214. The normalized spacial score (nSPS) is 10.6. The Balaban J connectivity index is 2.07. The van der Waals surface area contributed by atoms with Crippen LogP contribution in [0.4, 0.5) is 0 Å². The van der Waals surface area contributed by atoms with Crippen LogP contribution in [0.5, 0.6) is 5.75 Å². The maximum absolute atomic E-state index is 10.6. The summed E-state index contributed by atoms with van der Waals surface area (Å²) < 4.78 is 5.85. The number of benzene rings is 1. The van der Waals surface area contributed by atoms with E-state index in [-0.39, 0.29) is 6.42 Å². The number of carbonyl (C=O) groups is 1. The van der Waals surface area contributed by atoms with E-state index < -0.39 is 5.97 Å². The van der Waals surface area contributed by atoms with Crippen molar-refractivity contribution >= 4 is 17.3 Å². The van der Waals surface area contributed by atoms with Crippen LogP contribution in [0.2, 0.25) is 0 Å². The number of rotatable bonds is 5. The van der Waals surface area contributed by atoms with Crippen molar-refractivity contribution in [2.75, 3.05) is 0 Å². The molecule has 0 saturated heterocycles. The van der Waals surface area contributed by atoms with Crippen LogP contribution < -0.4 is 4.74 Å². The van der Waals surface area contributed by atoms with Crippen molar-refractivity contribution in [3.63, 3.8) is 0 Å². The Kier molecular flexibility index (Phi) is 4.39. The number of ether oxygens (including phenoxy) is 1. The largest absolute Gasteiger partial charge is 0.486 e. The molecule has 106 valence electrons. The molecule has 0 atom stereocenters. The molecule has 4 nitrogen and oxygen atoms in total. The second-order valence-corrected chi connectivity index (χ2v) is 5.69. The van der Waals surface area contributed by atoms with E-state index in [9.17, 15) is 4.79 Å². The number of aliphatic carboxylic acids is 1. The molecule has 0 radical (unpaired) electrons. The first-order valence-corrected chi connectivity index (χ1v) is 7.20. The van der Waals surface area contributed by atoms with E-state index in [2.05, 4.69) is 18.0 Å². The average Bonchev–Trinajstić information content (AvgIpc) is 2.81. The Morgan fingerprint density at radius 3 is 2.70 bits per heavy atom. The highest BCUT2D eigenvalue weighted by Crippen LogP contribution is 2.27. The number of thiazole rings is 1. The van der Waals surface area contributed by atoms with Gasteiger partial charge in [0, 0.05) is 5.38 Å². The zero-order valence-electron chi connectivity index (χ0n) is 11.8. The molecule has 0 unspecified atom stereocenters. The smallest absolute Gasteiger partial charge is 0.309 e. The van der Waals surface area contributed by atoms with Crippen molar-refractivity contribution < 1.29 is 14.6 Å². The summed E-state index contributed by atoms with van der Waals surface area (Å²) >= 11 is 1.43. The van der Waals surface area contributed by atoms with Gasteiger partial charge in [-0.2, -0.15) is 0 Å². The standard InChI is InChI=1S/C15H17NO3S/c1-9-4-5-10(2)15(11(9)3)19-7-13-16-12(8-20-13)6-14(17)18/h4-5,8H,6-7H2,1-3H3,(H,17,18). The molecule has 0 amide bonds. The summed E-state index contributed by atoms with van der Waals surface area (Å²) in [5.41, 5.74) is 4.00. The van der Waals surface area contributed by atoms with Crippen molar-refractivity contribution in [1.82, 2.24) is 4.98 Å². The summed E-state index contributed by atoms with van der Waals surface area (Å²) in [6.07, 6.45) is -0.0427. The lowest BCUT2D eigenvalue weighted by atomic mass is 10.1. The number of nitrogens with zero attached hydrogens (tertiary/aromatic N) is 1. The first kappa shape index (κ1) is 14.5. The predicted molar refractivity (Wildman–Crippen MR) is 78.4 cm³/mol. The lowest BCUT2D eigenvalue weighted by Gasteiger charge is -2.12. The molecule has 0 bridgehead atoms. The molecule has 1 N–H and O–H groups in total. The van der Waals surface area contributed by atoms with Gasteiger partial charge in [-0.3, -0.25) is 4.79 Å². The molecular formula is C15H17NO3S. The van der Waals surface area contributed by atoms with Gasteiger partial charge in [0.25, 0.3) is 0 Å². The summed E-state index contributed by atoms with van der Waals surface area (Å²) in [6, 6.07) is 4.11.